The number of fused-ring (bicyclic) bond motifs is 4. The molecule has 16 heteroatoms. The van der Waals surface area contributed by atoms with E-state index in [1.54, 1.807) is 42.5 Å². The van der Waals surface area contributed by atoms with Gasteiger partial charge in [-0.2, -0.15) is 25.3 Å². The third kappa shape index (κ3) is 7.84. The van der Waals surface area contributed by atoms with Gasteiger partial charge in [0.05, 0.1) is 23.1 Å². The zero-order valence-electron chi connectivity index (χ0n) is 30.2. The molecule has 1 atom stereocenters. The number of rotatable bonds is 10. The van der Waals surface area contributed by atoms with Crippen molar-refractivity contribution < 1.29 is 48.4 Å². The number of carbonyl (C=O) groups is 1. The van der Waals surface area contributed by atoms with Gasteiger partial charge >= 0.3 is 0 Å². The first kappa shape index (κ1) is 38.8. The molecule has 284 valence electrons. The molecule has 3 aliphatic rings. The summed E-state index contributed by atoms with van der Waals surface area (Å²) in [5, 5.41) is 1.12. The summed E-state index contributed by atoms with van der Waals surface area (Å²) in [5.74, 6) is -1.98. The summed E-state index contributed by atoms with van der Waals surface area (Å²) in [4.78, 5) is 15.8. The highest BCUT2D eigenvalue weighted by atomic mass is 32.2. The predicted octanol–water partition coefficient (Wildman–Crippen LogP) is 3.66. The molecule has 3 aromatic carbocycles. The SMILES string of the molecule is CN1c2cc3c(cc2C(CS(=O)(=O)O)CC1(C)C)C(c1ccccc1C(=O)CCCS(=O)(=O)O)=c1cc2c(cc1O3)=[N+](C)C(C)(C)C=C2CS(=O)(=O)O. The van der Waals surface area contributed by atoms with Crippen molar-refractivity contribution in [3.05, 3.63) is 93.0 Å². The van der Waals surface area contributed by atoms with Gasteiger partial charge in [0.2, 0.25) is 5.36 Å². The van der Waals surface area contributed by atoms with Gasteiger partial charge in [0.25, 0.3) is 30.4 Å². The highest BCUT2D eigenvalue weighted by Crippen LogP contribution is 2.49. The number of hydrogen-bond donors (Lipinski definition) is 3. The van der Waals surface area contributed by atoms with E-state index in [0.717, 1.165) is 0 Å². The molecule has 0 saturated heterocycles. The molecule has 0 aromatic heterocycles. The van der Waals surface area contributed by atoms with Crippen molar-refractivity contribution in [1.82, 2.24) is 4.58 Å². The zero-order chi connectivity index (χ0) is 39.1. The van der Waals surface area contributed by atoms with Crippen molar-refractivity contribution in [2.75, 3.05) is 36.3 Å². The van der Waals surface area contributed by atoms with E-state index in [1.807, 2.05) is 63.4 Å². The molecule has 0 bridgehead atoms. The molecule has 3 heterocycles. The summed E-state index contributed by atoms with van der Waals surface area (Å²) in [6.45, 7) is 7.77. The molecule has 0 radical (unpaired) electrons. The lowest BCUT2D eigenvalue weighted by atomic mass is 9.78. The normalized spacial score (nSPS) is 19.0. The number of benzene rings is 3. The molecule has 53 heavy (non-hydrogen) atoms. The Morgan fingerprint density at radius 3 is 2.21 bits per heavy atom. The second-order valence-corrected chi connectivity index (χ2v) is 19.8. The lowest BCUT2D eigenvalue weighted by Gasteiger charge is -2.46. The minimum absolute atomic E-state index is 0.121. The van der Waals surface area contributed by atoms with E-state index >= 15 is 0 Å². The second-order valence-electron chi connectivity index (χ2n) is 15.2. The molecule has 3 N–H and O–H groups in total. The van der Waals surface area contributed by atoms with E-state index < -0.39 is 64.6 Å². The average Bonchev–Trinajstić information content (AvgIpc) is 3.01. The van der Waals surface area contributed by atoms with Crippen LogP contribution in [0.2, 0.25) is 0 Å². The lowest BCUT2D eigenvalue weighted by Crippen LogP contribution is -2.48. The van der Waals surface area contributed by atoms with Gasteiger partial charge in [-0.05, 0) is 61.6 Å². The van der Waals surface area contributed by atoms with Crippen LogP contribution in [0.4, 0.5) is 5.69 Å². The van der Waals surface area contributed by atoms with E-state index in [2.05, 4.69) is 0 Å². The number of ether oxygens (including phenoxy) is 1. The Morgan fingerprint density at radius 2 is 1.57 bits per heavy atom. The van der Waals surface area contributed by atoms with E-state index in [1.165, 1.54) is 0 Å². The summed E-state index contributed by atoms with van der Waals surface area (Å²) in [6.07, 6.45) is 1.85. The van der Waals surface area contributed by atoms with Crippen molar-refractivity contribution in [2.45, 2.75) is 64.0 Å². The van der Waals surface area contributed by atoms with Crippen molar-refractivity contribution in [3.63, 3.8) is 0 Å². The highest BCUT2D eigenvalue weighted by Gasteiger charge is 2.40. The predicted molar refractivity (Wildman–Crippen MR) is 202 cm³/mol. The average molecular weight is 788 g/mol. The molecule has 1 unspecified atom stereocenters. The van der Waals surface area contributed by atoms with Gasteiger partial charge in [-0.15, -0.1) is 0 Å². The molecular weight excluding hydrogens is 745 g/mol. The van der Waals surface area contributed by atoms with E-state index in [4.69, 9.17) is 4.74 Å². The molecular formula is C37H43N2O11S3+. The van der Waals surface area contributed by atoms with E-state index in [0.29, 0.717) is 67.6 Å². The maximum absolute atomic E-state index is 13.8. The summed E-state index contributed by atoms with van der Waals surface area (Å²) >= 11 is 0. The van der Waals surface area contributed by atoms with Gasteiger partial charge < -0.3 is 9.64 Å². The fourth-order valence-corrected chi connectivity index (χ4v) is 9.67. The smallest absolute Gasteiger partial charge is 0.269 e. The molecule has 6 rings (SSSR count). The van der Waals surface area contributed by atoms with Crippen molar-refractivity contribution >= 4 is 53.0 Å². The highest BCUT2D eigenvalue weighted by molar-refractivity contribution is 7.86. The Morgan fingerprint density at radius 1 is 0.887 bits per heavy atom. The number of Topliss-reactive ketones (excluding diaryl/α,β-unsaturated/α-hetero) is 1. The summed E-state index contributed by atoms with van der Waals surface area (Å²) < 4.78 is 110. The number of hydrogen-bond acceptors (Lipinski definition) is 9. The standard InChI is InChI=1S/C37H42N2O11S3/c1-36(2)18-22(20-52(44,45)46)26-14-28-33(16-30(26)38(36)5)50-34-17-31-27(23(21-53(47,48)49)19-37(3,4)39(31)6)15-29(34)35(28)25-11-8-7-10-24(25)32(40)12-9-13-51(41,42)43/h7-8,10-11,14-18,23H,9,12-13,19-21H2,1-6H3,(H2-,41,42,43,44,45,46,47,48,49)/p+1. The van der Waals surface area contributed by atoms with Crippen molar-refractivity contribution in [1.29, 1.82) is 0 Å². The minimum atomic E-state index is -4.46. The van der Waals surface area contributed by atoms with E-state index in [-0.39, 0.29) is 24.2 Å². The topological polar surface area (TPSA) is 196 Å². The Bertz CT molecular complexity index is 2570. The van der Waals surface area contributed by atoms with E-state index in [9.17, 15) is 43.7 Å². The molecule has 0 fully saturated rings. The van der Waals surface area contributed by atoms with Crippen LogP contribution in [0.25, 0.3) is 11.1 Å². The van der Waals surface area contributed by atoms with Gasteiger partial charge in [0.1, 0.15) is 24.3 Å². The molecule has 0 amide bonds. The van der Waals surface area contributed by atoms with Crippen LogP contribution in [0.1, 0.15) is 85.5 Å². The quantitative estimate of drug-likeness (QED) is 0.120. The fraction of sp³-hybridized carbons (Fsp3) is 0.405. The monoisotopic (exact) mass is 787 g/mol. The minimum Gasteiger partial charge on any atom is -0.456 e. The maximum atomic E-state index is 13.8. The van der Waals surface area contributed by atoms with Crippen LogP contribution in [-0.4, -0.2) is 87.1 Å². The molecule has 3 aliphatic heterocycles. The zero-order valence-corrected chi connectivity index (χ0v) is 32.7. The summed E-state index contributed by atoms with van der Waals surface area (Å²) in [5.41, 5.74) is 2.77. The molecule has 3 aromatic rings. The van der Waals surface area contributed by atoms with Gasteiger partial charge in [-0.1, -0.05) is 24.3 Å². The Hall–Kier alpha value is -3.93. The first-order valence-electron chi connectivity index (χ1n) is 16.9. The van der Waals surface area contributed by atoms with Crippen LogP contribution in [-0.2, 0) is 30.4 Å². The molecule has 0 saturated carbocycles. The van der Waals surface area contributed by atoms with Gasteiger partial charge in [-0.3, -0.25) is 18.5 Å². The molecule has 13 nitrogen and oxygen atoms in total. The number of likely N-dealkylation sites (N-methyl/N-ethyl adjacent to an activating group) is 1. The van der Waals surface area contributed by atoms with Gasteiger partial charge in [-0.25, -0.2) is 4.58 Å². The third-order valence-electron chi connectivity index (χ3n) is 10.6. The van der Waals surface area contributed by atoms with Crippen LogP contribution < -0.4 is 24.8 Å². The lowest BCUT2D eigenvalue weighted by molar-refractivity contribution is 0.0981. The van der Waals surface area contributed by atoms with Crippen LogP contribution in [0.15, 0.2) is 54.6 Å². The Labute approximate surface area is 309 Å². The van der Waals surface area contributed by atoms with Crippen molar-refractivity contribution in [3.8, 4) is 11.5 Å². The number of ketones is 1. The summed E-state index contributed by atoms with van der Waals surface area (Å²) in [7, 11) is -9.40. The first-order valence-corrected chi connectivity index (χ1v) is 21.8. The first-order chi connectivity index (χ1) is 24.4. The second kappa shape index (κ2) is 13.1. The molecule has 0 aliphatic carbocycles. The van der Waals surface area contributed by atoms with Crippen LogP contribution in [0.5, 0.6) is 11.5 Å². The van der Waals surface area contributed by atoms with Crippen LogP contribution in [0.3, 0.4) is 0 Å². The van der Waals surface area contributed by atoms with Crippen LogP contribution >= 0.6 is 0 Å². The largest absolute Gasteiger partial charge is 0.456 e. The Balaban J connectivity index is 1.70. The number of anilines is 1. The number of nitrogens with zero attached hydrogens (tertiary/aromatic N) is 2. The maximum Gasteiger partial charge on any atom is 0.269 e. The van der Waals surface area contributed by atoms with Gasteiger partial charge in [0, 0.05) is 72.4 Å². The Kier molecular flexibility index (Phi) is 9.61. The summed E-state index contributed by atoms with van der Waals surface area (Å²) in [6, 6.07) is 13.9. The van der Waals surface area contributed by atoms with Crippen LogP contribution in [0, 0.1) is 0 Å². The number of carbonyl (C=O) groups excluding carboxylic acids is 1. The third-order valence-corrected chi connectivity index (χ3v) is 12.9. The van der Waals surface area contributed by atoms with Crippen molar-refractivity contribution in [2.24, 2.45) is 0 Å². The molecule has 0 spiro atoms. The fourth-order valence-electron chi connectivity index (χ4n) is 7.72. The van der Waals surface area contributed by atoms with Gasteiger partial charge in [0.15, 0.2) is 11.3 Å².